The minimum atomic E-state index is -0.428. The minimum absolute atomic E-state index is 0.0214. The highest BCUT2D eigenvalue weighted by molar-refractivity contribution is 8.01. The number of hydrogen-bond acceptors (Lipinski definition) is 3. The molecule has 0 fully saturated rings. The topological polar surface area (TPSA) is 58.2 Å². The summed E-state index contributed by atoms with van der Waals surface area (Å²) in [5.74, 6) is -0.0214. The van der Waals surface area contributed by atoms with Gasteiger partial charge in [-0.05, 0) is 25.1 Å². The van der Waals surface area contributed by atoms with Gasteiger partial charge in [-0.2, -0.15) is 0 Å². The summed E-state index contributed by atoms with van der Waals surface area (Å²) in [5, 5.41) is 4.82. The van der Waals surface area contributed by atoms with Gasteiger partial charge in [-0.15, -0.1) is 11.8 Å². The van der Waals surface area contributed by atoms with Gasteiger partial charge in [-0.25, -0.2) is 0 Å². The van der Waals surface area contributed by atoms with E-state index < -0.39 is 5.24 Å². The van der Waals surface area contributed by atoms with Gasteiger partial charge in [0.2, 0.25) is 5.91 Å². The number of carbonyl (C=O) groups is 2. The van der Waals surface area contributed by atoms with Gasteiger partial charge in [-0.3, -0.25) is 9.59 Å². The molecule has 0 saturated heterocycles. The Bertz CT molecular complexity index is 462. The van der Waals surface area contributed by atoms with Crippen LogP contribution in [0.2, 0.25) is 0 Å². The lowest BCUT2D eigenvalue weighted by atomic mass is 10.2. The summed E-state index contributed by atoms with van der Waals surface area (Å²) >= 11 is 5.13. The highest BCUT2D eigenvalue weighted by atomic mass is 32.2. The highest BCUT2D eigenvalue weighted by Crippen LogP contribution is 2.36. The van der Waals surface area contributed by atoms with Gasteiger partial charge in [-0.1, -0.05) is 12.6 Å². The van der Waals surface area contributed by atoms with Crippen LogP contribution in [-0.2, 0) is 4.79 Å². The molecule has 0 radical (unpaired) electrons. The molecule has 2 N–H and O–H groups in total. The van der Waals surface area contributed by atoms with Crippen molar-refractivity contribution >= 4 is 46.9 Å². The quantitative estimate of drug-likeness (QED) is 0.675. The monoisotopic (exact) mass is 254 g/mol. The second kappa shape index (κ2) is 4.39. The summed E-state index contributed by atoms with van der Waals surface area (Å²) in [7, 11) is 0. The number of thiol groups is 1. The summed E-state index contributed by atoms with van der Waals surface area (Å²) in [6.45, 7) is 1.85. The van der Waals surface area contributed by atoms with Crippen LogP contribution in [-0.4, -0.2) is 16.4 Å². The molecule has 1 atom stereocenters. The Kier molecular flexibility index (Phi) is 3.11. The molecular formula is C10H10N2O2S2. The third kappa shape index (κ3) is 2.33. The van der Waals surface area contributed by atoms with E-state index in [-0.39, 0.29) is 11.2 Å². The molecule has 2 rings (SSSR count). The number of anilines is 2. The zero-order valence-electron chi connectivity index (χ0n) is 8.48. The van der Waals surface area contributed by atoms with Gasteiger partial charge in [0, 0.05) is 10.6 Å². The van der Waals surface area contributed by atoms with Gasteiger partial charge in [0.25, 0.3) is 5.24 Å². The molecule has 0 aromatic heterocycles. The summed E-state index contributed by atoms with van der Waals surface area (Å²) in [6, 6.07) is 5.37. The normalized spacial score (nSPS) is 18.6. The molecule has 4 nitrogen and oxygen atoms in total. The van der Waals surface area contributed by atoms with Crippen LogP contribution in [0.25, 0.3) is 0 Å². The zero-order chi connectivity index (χ0) is 11.7. The van der Waals surface area contributed by atoms with Crippen molar-refractivity contribution < 1.29 is 9.59 Å². The summed E-state index contributed by atoms with van der Waals surface area (Å²) in [5.41, 5.74) is 1.35. The molecule has 1 unspecified atom stereocenters. The molecule has 16 heavy (non-hydrogen) atoms. The molecule has 1 heterocycles. The Balaban J connectivity index is 2.29. The Morgan fingerprint density at radius 2 is 2.31 bits per heavy atom. The number of hydrogen-bond donors (Lipinski definition) is 3. The molecule has 0 bridgehead atoms. The van der Waals surface area contributed by atoms with Crippen LogP contribution in [0.4, 0.5) is 16.2 Å². The third-order valence-corrected chi connectivity index (χ3v) is 3.45. The molecular weight excluding hydrogens is 244 g/mol. The Morgan fingerprint density at radius 1 is 1.56 bits per heavy atom. The first-order valence-electron chi connectivity index (χ1n) is 4.68. The van der Waals surface area contributed by atoms with Gasteiger partial charge in [0.1, 0.15) is 0 Å². The van der Waals surface area contributed by atoms with Crippen LogP contribution in [0.3, 0.4) is 0 Å². The molecule has 0 spiro atoms. The molecule has 84 valence electrons. The Morgan fingerprint density at radius 3 is 3.00 bits per heavy atom. The second-order valence-corrected chi connectivity index (χ2v) is 5.18. The first kappa shape index (κ1) is 11.3. The maximum Gasteiger partial charge on any atom is 0.280 e. The first-order chi connectivity index (χ1) is 7.56. The standard InChI is InChI=1S/C10H10N2O2S2/c1-5-9(13)12-7-4-6(11-10(14)15)2-3-8(7)16-5/h2-5H,1H3,(H,12,13)(H2,11,14,15). The van der Waals surface area contributed by atoms with Gasteiger partial charge >= 0.3 is 0 Å². The van der Waals surface area contributed by atoms with Crippen molar-refractivity contribution in [2.24, 2.45) is 0 Å². The van der Waals surface area contributed by atoms with E-state index in [1.54, 1.807) is 12.1 Å². The molecule has 1 aromatic rings. The van der Waals surface area contributed by atoms with Crippen molar-refractivity contribution in [3.05, 3.63) is 18.2 Å². The number of carbonyl (C=O) groups excluding carboxylic acids is 2. The Hall–Kier alpha value is -1.14. The number of fused-ring (bicyclic) bond motifs is 1. The van der Waals surface area contributed by atoms with Crippen molar-refractivity contribution in [2.45, 2.75) is 17.1 Å². The predicted molar refractivity (Wildman–Crippen MR) is 68.4 cm³/mol. The van der Waals surface area contributed by atoms with E-state index in [1.165, 1.54) is 11.8 Å². The van der Waals surface area contributed by atoms with E-state index in [4.69, 9.17) is 0 Å². The minimum Gasteiger partial charge on any atom is -0.324 e. The molecule has 0 saturated carbocycles. The first-order valence-corrected chi connectivity index (χ1v) is 6.00. The highest BCUT2D eigenvalue weighted by Gasteiger charge is 2.22. The van der Waals surface area contributed by atoms with Crippen LogP contribution in [0.5, 0.6) is 0 Å². The van der Waals surface area contributed by atoms with Crippen LogP contribution in [0, 0.1) is 0 Å². The average molecular weight is 254 g/mol. The third-order valence-electron chi connectivity index (χ3n) is 2.16. The van der Waals surface area contributed by atoms with Crippen molar-refractivity contribution in [1.82, 2.24) is 0 Å². The van der Waals surface area contributed by atoms with Crippen LogP contribution in [0.1, 0.15) is 6.92 Å². The van der Waals surface area contributed by atoms with Crippen molar-refractivity contribution in [1.29, 1.82) is 0 Å². The lowest BCUT2D eigenvalue weighted by Crippen LogP contribution is -2.26. The lowest BCUT2D eigenvalue weighted by molar-refractivity contribution is -0.115. The molecule has 1 aliphatic rings. The van der Waals surface area contributed by atoms with E-state index in [1.807, 2.05) is 13.0 Å². The zero-order valence-corrected chi connectivity index (χ0v) is 10.2. The fourth-order valence-corrected chi connectivity index (χ4v) is 2.47. The lowest BCUT2D eigenvalue weighted by Gasteiger charge is -2.21. The SMILES string of the molecule is CC1Sc2ccc(NC(=O)S)cc2NC1=O. The molecule has 1 aliphatic heterocycles. The number of amides is 2. The fourth-order valence-electron chi connectivity index (χ4n) is 1.41. The summed E-state index contributed by atoms with van der Waals surface area (Å²) in [6.07, 6.45) is 0. The van der Waals surface area contributed by atoms with Gasteiger partial charge in [0.05, 0.1) is 10.9 Å². The molecule has 1 aromatic carbocycles. The van der Waals surface area contributed by atoms with Crippen molar-refractivity contribution in [3.8, 4) is 0 Å². The van der Waals surface area contributed by atoms with E-state index >= 15 is 0 Å². The predicted octanol–water partition coefficient (Wildman–Crippen LogP) is 2.58. The maximum absolute atomic E-state index is 11.5. The maximum atomic E-state index is 11.5. The van der Waals surface area contributed by atoms with Gasteiger partial charge < -0.3 is 10.6 Å². The molecule has 6 heteroatoms. The summed E-state index contributed by atoms with van der Waals surface area (Å²) in [4.78, 5) is 23.2. The molecule has 2 amide bonds. The van der Waals surface area contributed by atoms with Crippen LogP contribution >= 0.6 is 24.4 Å². The largest absolute Gasteiger partial charge is 0.324 e. The number of nitrogens with one attached hydrogen (secondary N) is 2. The van der Waals surface area contributed by atoms with Crippen molar-refractivity contribution in [3.63, 3.8) is 0 Å². The van der Waals surface area contributed by atoms with Crippen LogP contribution in [0.15, 0.2) is 23.1 Å². The number of thioether (sulfide) groups is 1. The van der Waals surface area contributed by atoms with E-state index in [0.717, 1.165) is 10.6 Å². The number of rotatable bonds is 1. The smallest absolute Gasteiger partial charge is 0.280 e. The van der Waals surface area contributed by atoms with Gasteiger partial charge in [0.15, 0.2) is 0 Å². The average Bonchev–Trinajstić information content (AvgIpc) is 2.19. The van der Waals surface area contributed by atoms with E-state index in [9.17, 15) is 9.59 Å². The Labute approximate surface area is 103 Å². The second-order valence-electron chi connectivity index (χ2n) is 3.39. The van der Waals surface area contributed by atoms with E-state index in [2.05, 4.69) is 23.3 Å². The molecule has 0 aliphatic carbocycles. The van der Waals surface area contributed by atoms with Crippen molar-refractivity contribution in [2.75, 3.05) is 10.6 Å². The van der Waals surface area contributed by atoms with E-state index in [0.29, 0.717) is 5.69 Å². The fraction of sp³-hybridized carbons (Fsp3) is 0.200. The summed E-state index contributed by atoms with van der Waals surface area (Å²) < 4.78 is 0. The van der Waals surface area contributed by atoms with Crippen LogP contribution < -0.4 is 10.6 Å². The number of benzene rings is 1.